The Balaban J connectivity index is 2.60. The van der Waals surface area contributed by atoms with E-state index >= 15 is 0 Å². The van der Waals surface area contributed by atoms with E-state index in [9.17, 15) is 0 Å². The van der Waals surface area contributed by atoms with Crippen molar-refractivity contribution in [2.45, 2.75) is 53.5 Å². The Hall–Kier alpha value is -1.32. The molecule has 0 aliphatic heterocycles. The third-order valence-corrected chi connectivity index (χ3v) is 2.76. The van der Waals surface area contributed by atoms with Crippen molar-refractivity contribution >= 4 is 11.8 Å². The number of anilines is 2. The van der Waals surface area contributed by atoms with Crippen LogP contribution in [0.1, 0.15) is 46.2 Å². The lowest BCUT2D eigenvalue weighted by molar-refractivity contribution is 0.527. The summed E-state index contributed by atoms with van der Waals surface area (Å²) in [7, 11) is 0. The fourth-order valence-electron chi connectivity index (χ4n) is 1.79. The molecule has 18 heavy (non-hydrogen) atoms. The van der Waals surface area contributed by atoms with Crippen molar-refractivity contribution in [3.8, 4) is 0 Å². The van der Waals surface area contributed by atoms with Gasteiger partial charge in [-0.25, -0.2) is 4.98 Å². The second-order valence-corrected chi connectivity index (χ2v) is 5.27. The molecule has 2 N–H and O–H groups in total. The zero-order valence-electron chi connectivity index (χ0n) is 12.2. The predicted octanol–water partition coefficient (Wildman–Crippen LogP) is 3.45. The number of hydrogen-bond donors (Lipinski definition) is 2. The molecule has 0 bridgehead atoms. The molecule has 1 atom stereocenters. The number of nitrogens with one attached hydrogen (secondary N) is 2. The van der Waals surface area contributed by atoms with Gasteiger partial charge < -0.3 is 10.6 Å². The van der Waals surface area contributed by atoms with Crippen LogP contribution in [0.3, 0.4) is 0 Å². The van der Waals surface area contributed by atoms with Crippen LogP contribution in [0.25, 0.3) is 0 Å². The second kappa shape index (κ2) is 7.19. The molecule has 1 aromatic rings. The van der Waals surface area contributed by atoms with E-state index in [0.29, 0.717) is 12.0 Å². The summed E-state index contributed by atoms with van der Waals surface area (Å²) in [6.07, 6.45) is 2.40. The molecule has 0 aliphatic rings. The fraction of sp³-hybridized carbons (Fsp3) is 0.714. The van der Waals surface area contributed by atoms with E-state index in [1.54, 1.807) is 0 Å². The summed E-state index contributed by atoms with van der Waals surface area (Å²) in [5.41, 5.74) is 0.986. The topological polar surface area (TPSA) is 49.8 Å². The van der Waals surface area contributed by atoms with Crippen molar-refractivity contribution in [3.63, 3.8) is 0 Å². The summed E-state index contributed by atoms with van der Waals surface area (Å²) in [6, 6.07) is 2.43. The number of aromatic nitrogens is 2. The largest absolute Gasteiger partial charge is 0.367 e. The summed E-state index contributed by atoms with van der Waals surface area (Å²) >= 11 is 0. The van der Waals surface area contributed by atoms with Gasteiger partial charge in [-0.1, -0.05) is 13.8 Å². The van der Waals surface area contributed by atoms with Gasteiger partial charge in [-0.3, -0.25) is 0 Å². The lowest BCUT2D eigenvalue weighted by atomic mass is 10.0. The molecule has 0 radical (unpaired) electrons. The first-order valence-electron chi connectivity index (χ1n) is 6.87. The van der Waals surface area contributed by atoms with E-state index in [-0.39, 0.29) is 0 Å². The van der Waals surface area contributed by atoms with Crippen LogP contribution in [0, 0.1) is 12.8 Å². The molecular weight excluding hydrogens is 224 g/mol. The van der Waals surface area contributed by atoms with Crippen LogP contribution in [0.15, 0.2) is 6.07 Å². The molecule has 0 saturated heterocycles. The molecule has 1 heterocycles. The first kappa shape index (κ1) is 14.7. The van der Waals surface area contributed by atoms with Crippen LogP contribution < -0.4 is 10.6 Å². The molecule has 0 spiro atoms. The van der Waals surface area contributed by atoms with Crippen molar-refractivity contribution in [2.24, 2.45) is 5.92 Å². The van der Waals surface area contributed by atoms with Gasteiger partial charge in [0, 0.05) is 24.3 Å². The van der Waals surface area contributed by atoms with Crippen LogP contribution >= 0.6 is 0 Å². The Bertz CT molecular complexity index is 363. The fourth-order valence-corrected chi connectivity index (χ4v) is 1.79. The van der Waals surface area contributed by atoms with Crippen molar-refractivity contribution < 1.29 is 0 Å². The highest BCUT2D eigenvalue weighted by Crippen LogP contribution is 2.14. The summed E-state index contributed by atoms with van der Waals surface area (Å²) < 4.78 is 0. The predicted molar refractivity (Wildman–Crippen MR) is 78.1 cm³/mol. The number of rotatable bonds is 7. The maximum absolute atomic E-state index is 4.46. The van der Waals surface area contributed by atoms with E-state index in [4.69, 9.17) is 0 Å². The smallest absolute Gasteiger partial charge is 0.224 e. The Labute approximate surface area is 111 Å². The zero-order chi connectivity index (χ0) is 13.5. The molecule has 1 unspecified atom stereocenters. The average Bonchev–Trinajstić information content (AvgIpc) is 2.26. The van der Waals surface area contributed by atoms with E-state index < -0.39 is 0 Å². The highest BCUT2D eigenvalue weighted by atomic mass is 15.1. The maximum Gasteiger partial charge on any atom is 0.224 e. The Morgan fingerprint density at radius 3 is 2.50 bits per heavy atom. The van der Waals surface area contributed by atoms with Gasteiger partial charge in [0.25, 0.3) is 0 Å². The minimum atomic E-state index is 0.441. The minimum Gasteiger partial charge on any atom is -0.367 e. The van der Waals surface area contributed by atoms with Crippen molar-refractivity contribution in [3.05, 3.63) is 11.8 Å². The van der Waals surface area contributed by atoms with Gasteiger partial charge in [0.2, 0.25) is 5.95 Å². The quantitative estimate of drug-likeness (QED) is 0.778. The maximum atomic E-state index is 4.46. The van der Waals surface area contributed by atoms with Crippen LogP contribution in [0.2, 0.25) is 0 Å². The molecule has 102 valence electrons. The molecular formula is C14H26N4. The Morgan fingerprint density at radius 1 is 1.17 bits per heavy atom. The lowest BCUT2D eigenvalue weighted by Gasteiger charge is -2.16. The highest BCUT2D eigenvalue weighted by Gasteiger charge is 2.06. The van der Waals surface area contributed by atoms with Crippen LogP contribution in [0.5, 0.6) is 0 Å². The molecule has 0 aliphatic carbocycles. The van der Waals surface area contributed by atoms with Gasteiger partial charge in [0.15, 0.2) is 0 Å². The summed E-state index contributed by atoms with van der Waals surface area (Å²) in [5, 5.41) is 6.60. The highest BCUT2D eigenvalue weighted by molar-refractivity contribution is 5.42. The van der Waals surface area contributed by atoms with Crippen molar-refractivity contribution in [1.29, 1.82) is 0 Å². The second-order valence-electron chi connectivity index (χ2n) is 5.27. The van der Waals surface area contributed by atoms with Crippen LogP contribution in [-0.4, -0.2) is 22.6 Å². The Morgan fingerprint density at radius 2 is 1.89 bits per heavy atom. The SMILES string of the molecule is CCNc1nc(C)cc(NC(C)CCC(C)C)n1. The molecule has 4 heteroatoms. The first-order chi connectivity index (χ1) is 8.51. The number of hydrogen-bond acceptors (Lipinski definition) is 4. The molecule has 0 saturated carbocycles. The van der Waals surface area contributed by atoms with E-state index in [1.807, 2.05) is 19.9 Å². The molecule has 4 nitrogen and oxygen atoms in total. The van der Waals surface area contributed by atoms with Gasteiger partial charge in [-0.2, -0.15) is 4.98 Å². The minimum absolute atomic E-state index is 0.441. The van der Waals surface area contributed by atoms with Crippen LogP contribution in [0.4, 0.5) is 11.8 Å². The van der Waals surface area contributed by atoms with Gasteiger partial charge >= 0.3 is 0 Å². The third kappa shape index (κ3) is 5.34. The van der Waals surface area contributed by atoms with Gasteiger partial charge in [-0.05, 0) is 39.5 Å². The van der Waals surface area contributed by atoms with Crippen LogP contribution in [-0.2, 0) is 0 Å². The lowest BCUT2D eigenvalue weighted by Crippen LogP contribution is -2.17. The molecule has 1 rings (SSSR count). The summed E-state index contributed by atoms with van der Waals surface area (Å²) in [6.45, 7) is 11.6. The van der Waals surface area contributed by atoms with Gasteiger partial charge in [-0.15, -0.1) is 0 Å². The molecule has 0 amide bonds. The van der Waals surface area contributed by atoms with Gasteiger partial charge in [0.05, 0.1) is 0 Å². The standard InChI is InChI=1S/C14H26N4/c1-6-15-14-17-12(5)9-13(18-14)16-11(4)8-7-10(2)3/h9-11H,6-8H2,1-5H3,(H2,15,16,17,18). The van der Waals surface area contributed by atoms with E-state index in [2.05, 4.69) is 41.4 Å². The normalized spacial score (nSPS) is 12.6. The zero-order valence-corrected chi connectivity index (χ0v) is 12.2. The third-order valence-electron chi connectivity index (χ3n) is 2.76. The number of nitrogens with zero attached hydrogens (tertiary/aromatic N) is 2. The summed E-state index contributed by atoms with van der Waals surface area (Å²) in [5.74, 6) is 2.37. The molecule has 0 aromatic carbocycles. The average molecular weight is 250 g/mol. The monoisotopic (exact) mass is 250 g/mol. The van der Waals surface area contributed by atoms with E-state index in [0.717, 1.165) is 30.4 Å². The van der Waals surface area contributed by atoms with Crippen molar-refractivity contribution in [2.75, 3.05) is 17.2 Å². The Kier molecular flexibility index (Phi) is 5.89. The van der Waals surface area contributed by atoms with Gasteiger partial charge in [0.1, 0.15) is 5.82 Å². The number of aryl methyl sites for hydroxylation is 1. The van der Waals surface area contributed by atoms with E-state index in [1.165, 1.54) is 6.42 Å². The van der Waals surface area contributed by atoms with Crippen molar-refractivity contribution in [1.82, 2.24) is 9.97 Å². The first-order valence-corrected chi connectivity index (χ1v) is 6.87. The molecule has 0 fully saturated rings. The molecule has 1 aromatic heterocycles. The summed E-state index contributed by atoms with van der Waals surface area (Å²) in [4.78, 5) is 8.80.